The number of aromatic nitrogens is 2. The van der Waals surface area contributed by atoms with Crippen LogP contribution in [0.3, 0.4) is 0 Å². The van der Waals surface area contributed by atoms with Gasteiger partial charge in [-0.25, -0.2) is 18.7 Å². The van der Waals surface area contributed by atoms with Gasteiger partial charge in [0.1, 0.15) is 28.0 Å². The number of hydrogen-bond acceptors (Lipinski definition) is 6. The average Bonchev–Trinajstić information content (AvgIpc) is 3.46. The van der Waals surface area contributed by atoms with Gasteiger partial charge in [-0.15, -0.1) is 0 Å². The first-order valence-electron chi connectivity index (χ1n) is 12.7. The Morgan fingerprint density at radius 2 is 1.85 bits per heavy atom. The molecule has 1 unspecified atom stereocenters. The minimum absolute atomic E-state index is 0.0215. The quantitative estimate of drug-likeness (QED) is 0.207. The van der Waals surface area contributed by atoms with Gasteiger partial charge in [0, 0.05) is 28.0 Å². The predicted molar refractivity (Wildman–Crippen MR) is 159 cm³/mol. The number of fused-ring (bicyclic) bond motifs is 2. The number of anilines is 2. The average molecular weight is 628 g/mol. The van der Waals surface area contributed by atoms with Gasteiger partial charge in [0.25, 0.3) is 0 Å². The van der Waals surface area contributed by atoms with Crippen molar-refractivity contribution in [1.29, 1.82) is 5.26 Å². The molecule has 4 aromatic rings. The topological polar surface area (TPSA) is 62.0 Å². The van der Waals surface area contributed by atoms with Crippen LogP contribution in [0.25, 0.3) is 22.2 Å². The Morgan fingerprint density at radius 3 is 2.49 bits per heavy atom. The SMILES string of the molecule is CN(c1nc(-c2ccc(F)cc2)c(C#N)s1)c1c2c(nc3c(F)cc(Br)cc13)C(O[Si](C)(C)C(C)(C)C)CC2. The van der Waals surface area contributed by atoms with Crippen molar-refractivity contribution in [2.75, 3.05) is 11.9 Å². The van der Waals surface area contributed by atoms with Gasteiger partial charge < -0.3 is 9.33 Å². The molecule has 10 heteroatoms. The van der Waals surface area contributed by atoms with Crippen LogP contribution in [-0.4, -0.2) is 25.3 Å². The Balaban J connectivity index is 1.67. The highest BCUT2D eigenvalue weighted by Crippen LogP contribution is 2.48. The van der Waals surface area contributed by atoms with E-state index in [9.17, 15) is 9.65 Å². The molecule has 1 aliphatic rings. The summed E-state index contributed by atoms with van der Waals surface area (Å²) in [6.45, 7) is 11.0. The van der Waals surface area contributed by atoms with Gasteiger partial charge in [0.05, 0.1) is 17.5 Å². The van der Waals surface area contributed by atoms with Crippen LogP contribution in [0.2, 0.25) is 18.1 Å². The van der Waals surface area contributed by atoms with Gasteiger partial charge >= 0.3 is 0 Å². The molecule has 2 aromatic heterocycles. The summed E-state index contributed by atoms with van der Waals surface area (Å²) in [5.74, 6) is -0.774. The van der Waals surface area contributed by atoms with Crippen LogP contribution in [0.5, 0.6) is 0 Å². The van der Waals surface area contributed by atoms with E-state index < -0.39 is 14.1 Å². The smallest absolute Gasteiger partial charge is 0.192 e. The summed E-state index contributed by atoms with van der Waals surface area (Å²) in [6, 6.07) is 11.5. The van der Waals surface area contributed by atoms with Crippen LogP contribution < -0.4 is 4.90 Å². The third-order valence-electron chi connectivity index (χ3n) is 7.77. The highest BCUT2D eigenvalue weighted by molar-refractivity contribution is 9.10. The van der Waals surface area contributed by atoms with Crippen molar-refractivity contribution in [3.63, 3.8) is 0 Å². The molecule has 39 heavy (non-hydrogen) atoms. The second kappa shape index (κ2) is 10.0. The number of nitrogens with zero attached hydrogens (tertiary/aromatic N) is 4. The van der Waals surface area contributed by atoms with Crippen molar-refractivity contribution in [1.82, 2.24) is 9.97 Å². The third kappa shape index (κ3) is 5.02. The number of nitriles is 1. The number of benzene rings is 2. The molecule has 0 saturated heterocycles. The van der Waals surface area contributed by atoms with Gasteiger partial charge in [0.2, 0.25) is 0 Å². The zero-order chi connectivity index (χ0) is 28.3. The van der Waals surface area contributed by atoms with Crippen molar-refractivity contribution < 1.29 is 13.2 Å². The molecular formula is C29H29BrF2N4OSSi. The standard InChI is InChI=1S/C29H29BrF2N4OSSi/c1-29(2,3)39(5,6)37-22-12-11-19-26(22)34-25-20(13-17(30)14-21(25)32)27(19)36(4)28-35-24(23(15-33)38-28)16-7-9-18(31)10-8-16/h7-10,13-14,22H,11-12H2,1-6H3. The second-order valence-corrected chi connectivity index (χ2v) is 18.0. The monoisotopic (exact) mass is 626 g/mol. The molecule has 2 aromatic carbocycles. The van der Waals surface area contributed by atoms with E-state index in [0.29, 0.717) is 31.1 Å². The molecule has 1 aliphatic carbocycles. The van der Waals surface area contributed by atoms with Crippen LogP contribution >= 0.6 is 27.3 Å². The second-order valence-electron chi connectivity index (χ2n) is 11.4. The van der Waals surface area contributed by atoms with E-state index in [1.807, 2.05) is 18.0 Å². The Bertz CT molecular complexity index is 1630. The molecule has 0 bridgehead atoms. The van der Waals surface area contributed by atoms with E-state index in [1.54, 1.807) is 12.1 Å². The molecule has 5 nitrogen and oxygen atoms in total. The molecule has 0 amide bonds. The first-order valence-corrected chi connectivity index (χ1v) is 17.2. The molecule has 1 atom stereocenters. The lowest BCUT2D eigenvalue weighted by Gasteiger charge is -2.38. The van der Waals surface area contributed by atoms with E-state index in [-0.39, 0.29) is 22.5 Å². The normalized spacial score (nSPS) is 15.4. The van der Waals surface area contributed by atoms with Crippen LogP contribution in [0.4, 0.5) is 19.6 Å². The Labute approximate surface area is 240 Å². The van der Waals surface area contributed by atoms with Crippen molar-refractivity contribution >= 4 is 57.3 Å². The summed E-state index contributed by atoms with van der Waals surface area (Å²) in [5.41, 5.74) is 4.01. The maximum absolute atomic E-state index is 15.4. The zero-order valence-electron chi connectivity index (χ0n) is 22.7. The molecule has 0 fully saturated rings. The largest absolute Gasteiger partial charge is 0.408 e. The van der Waals surface area contributed by atoms with E-state index in [4.69, 9.17) is 14.4 Å². The van der Waals surface area contributed by atoms with Crippen LogP contribution in [0, 0.1) is 23.0 Å². The van der Waals surface area contributed by atoms with Crippen molar-refractivity contribution in [2.45, 2.75) is 57.8 Å². The van der Waals surface area contributed by atoms with Crippen molar-refractivity contribution in [3.05, 3.63) is 68.6 Å². The Hall–Kier alpha value is -2.71. The molecule has 202 valence electrons. The lowest BCUT2D eigenvalue weighted by molar-refractivity contribution is 0.181. The molecule has 0 N–H and O–H groups in total. The molecule has 5 rings (SSSR count). The fourth-order valence-corrected chi connectivity index (χ4v) is 7.29. The minimum atomic E-state index is -2.12. The van der Waals surface area contributed by atoms with Crippen molar-refractivity contribution in [2.24, 2.45) is 0 Å². The molecule has 0 radical (unpaired) electrons. The number of halogens is 3. The lowest BCUT2D eigenvalue weighted by Crippen LogP contribution is -2.41. The fraction of sp³-hybridized carbons (Fsp3) is 0.345. The van der Waals surface area contributed by atoms with Crippen LogP contribution in [-0.2, 0) is 10.8 Å². The van der Waals surface area contributed by atoms with Gasteiger partial charge in [-0.3, -0.25) is 0 Å². The van der Waals surface area contributed by atoms with E-state index in [0.717, 1.165) is 29.8 Å². The molecule has 0 aliphatic heterocycles. The first kappa shape index (κ1) is 27.8. The number of thiazole rings is 1. The predicted octanol–water partition coefficient (Wildman–Crippen LogP) is 9.05. The lowest BCUT2D eigenvalue weighted by atomic mass is 10.1. The maximum atomic E-state index is 15.4. The fourth-order valence-electron chi connectivity index (χ4n) is 4.71. The number of rotatable bonds is 5. The molecular weight excluding hydrogens is 598 g/mol. The zero-order valence-corrected chi connectivity index (χ0v) is 26.1. The summed E-state index contributed by atoms with van der Waals surface area (Å²) in [7, 11) is -0.236. The maximum Gasteiger partial charge on any atom is 0.192 e. The molecule has 2 heterocycles. The minimum Gasteiger partial charge on any atom is -0.408 e. The van der Waals surface area contributed by atoms with Crippen LogP contribution in [0.1, 0.15) is 49.4 Å². The molecule has 0 saturated carbocycles. The summed E-state index contributed by atoms with van der Waals surface area (Å²) >= 11 is 4.70. The van der Waals surface area contributed by atoms with Gasteiger partial charge in [-0.05, 0) is 67.4 Å². The summed E-state index contributed by atoms with van der Waals surface area (Å²) < 4.78 is 36.3. The number of pyridine rings is 1. The highest BCUT2D eigenvalue weighted by atomic mass is 79.9. The van der Waals surface area contributed by atoms with E-state index in [2.05, 4.69) is 55.9 Å². The number of hydrogen-bond donors (Lipinski definition) is 0. The first-order chi connectivity index (χ1) is 18.3. The van der Waals surface area contributed by atoms with Crippen molar-refractivity contribution in [3.8, 4) is 17.3 Å². The summed E-state index contributed by atoms with van der Waals surface area (Å²) in [5, 5.41) is 11.1. The Kier molecular flexibility index (Phi) is 7.16. The van der Waals surface area contributed by atoms with E-state index in [1.165, 1.54) is 29.5 Å². The third-order valence-corrected chi connectivity index (χ3v) is 13.8. The summed E-state index contributed by atoms with van der Waals surface area (Å²) in [6.07, 6.45) is 1.27. The van der Waals surface area contributed by atoms with Gasteiger partial charge in [0.15, 0.2) is 19.3 Å². The van der Waals surface area contributed by atoms with Crippen LogP contribution in [0.15, 0.2) is 40.9 Å². The van der Waals surface area contributed by atoms with Gasteiger partial charge in [-0.1, -0.05) is 48.0 Å². The van der Waals surface area contributed by atoms with Gasteiger partial charge in [-0.2, -0.15) is 5.26 Å². The van der Waals surface area contributed by atoms with E-state index >= 15 is 4.39 Å². The molecule has 0 spiro atoms. The summed E-state index contributed by atoms with van der Waals surface area (Å²) in [4.78, 5) is 12.0. The highest BCUT2D eigenvalue weighted by Gasteiger charge is 2.42. The Morgan fingerprint density at radius 1 is 1.15 bits per heavy atom.